The van der Waals surface area contributed by atoms with Crippen LogP contribution in [0, 0.1) is 11.3 Å². The summed E-state index contributed by atoms with van der Waals surface area (Å²) in [7, 11) is -4.18. The molecule has 2 aliphatic rings. The SMILES string of the molecule is CS(=O)(=O)NC1CCC(N(N)CCC2NC(C#N)CS2=O)CC1.Cl. The lowest BCUT2D eigenvalue weighted by Crippen LogP contribution is -2.48. The Labute approximate surface area is 152 Å². The molecule has 0 bridgehead atoms. The molecule has 0 aromatic heterocycles. The van der Waals surface area contributed by atoms with Gasteiger partial charge in [-0.1, -0.05) is 0 Å². The van der Waals surface area contributed by atoms with E-state index in [1.807, 2.05) is 0 Å². The second kappa shape index (κ2) is 9.43. The van der Waals surface area contributed by atoms with Crippen LogP contribution in [-0.2, 0) is 20.8 Å². The molecule has 0 aromatic rings. The normalized spacial score (nSPS) is 33.8. The van der Waals surface area contributed by atoms with Crippen molar-refractivity contribution in [3.8, 4) is 6.07 Å². The number of hydrogen-bond donors (Lipinski definition) is 3. The lowest BCUT2D eigenvalue weighted by Gasteiger charge is -2.34. The molecule has 0 amide bonds. The van der Waals surface area contributed by atoms with Crippen LogP contribution >= 0.6 is 12.4 Å². The van der Waals surface area contributed by atoms with Crippen LogP contribution in [-0.4, -0.2) is 59.7 Å². The fourth-order valence-corrected chi connectivity index (χ4v) is 5.45. The maximum atomic E-state index is 11.9. The van der Waals surface area contributed by atoms with E-state index < -0.39 is 20.8 Å². The summed E-state index contributed by atoms with van der Waals surface area (Å²) in [4.78, 5) is 0. The molecule has 1 saturated heterocycles. The van der Waals surface area contributed by atoms with E-state index >= 15 is 0 Å². The van der Waals surface area contributed by atoms with Crippen LogP contribution in [0.3, 0.4) is 0 Å². The van der Waals surface area contributed by atoms with Crippen molar-refractivity contribution < 1.29 is 12.6 Å². The first-order valence-electron chi connectivity index (χ1n) is 7.80. The number of halogens is 1. The fraction of sp³-hybridized carbons (Fsp3) is 0.923. The summed E-state index contributed by atoms with van der Waals surface area (Å²) in [5.74, 6) is 6.50. The van der Waals surface area contributed by atoms with Crippen LogP contribution in [0.1, 0.15) is 32.1 Å². The smallest absolute Gasteiger partial charge is 0.208 e. The van der Waals surface area contributed by atoms with E-state index in [1.54, 1.807) is 5.01 Å². The molecule has 8 nitrogen and oxygen atoms in total. The highest BCUT2D eigenvalue weighted by atomic mass is 35.5. The third-order valence-electron chi connectivity index (χ3n) is 4.39. The lowest BCUT2D eigenvalue weighted by molar-refractivity contribution is 0.146. The molecule has 1 aliphatic heterocycles. The Bertz CT molecular complexity index is 575. The number of nitriles is 1. The van der Waals surface area contributed by atoms with Crippen molar-refractivity contribution in [1.82, 2.24) is 15.0 Å². The van der Waals surface area contributed by atoms with Crippen LogP contribution < -0.4 is 15.9 Å². The van der Waals surface area contributed by atoms with Gasteiger partial charge in [0.25, 0.3) is 0 Å². The van der Waals surface area contributed by atoms with Gasteiger partial charge in [-0.2, -0.15) is 5.26 Å². The highest BCUT2D eigenvalue weighted by molar-refractivity contribution is 7.88. The van der Waals surface area contributed by atoms with Gasteiger partial charge in [-0.05, 0) is 32.1 Å². The Hall–Kier alpha value is -0.280. The standard InChI is InChI=1S/C13H25N5O3S2.ClH/c1-23(20,21)17-10-2-4-12(5-3-10)18(15)7-6-13-16-11(8-14)9-22(13)19;/h10-13,16-17H,2-7,9,15H2,1H3;1H. The molecule has 3 atom stereocenters. The molecule has 2 rings (SSSR count). The minimum atomic E-state index is -3.16. The zero-order valence-corrected chi connectivity index (χ0v) is 16.1. The predicted molar refractivity (Wildman–Crippen MR) is 96.1 cm³/mol. The highest BCUT2D eigenvalue weighted by Crippen LogP contribution is 2.22. The number of hydrogen-bond acceptors (Lipinski definition) is 7. The van der Waals surface area contributed by atoms with E-state index in [9.17, 15) is 12.6 Å². The Kier molecular flexibility index (Phi) is 8.55. The summed E-state index contributed by atoms with van der Waals surface area (Å²) in [5, 5.41) is 13.5. The van der Waals surface area contributed by atoms with E-state index in [2.05, 4.69) is 16.1 Å². The van der Waals surface area contributed by atoms with Gasteiger partial charge in [0, 0.05) is 29.4 Å². The van der Waals surface area contributed by atoms with Crippen molar-refractivity contribution in [3.05, 3.63) is 0 Å². The van der Waals surface area contributed by atoms with E-state index in [1.165, 1.54) is 6.26 Å². The number of rotatable bonds is 6. The monoisotopic (exact) mass is 399 g/mol. The molecule has 1 aliphatic carbocycles. The molecule has 11 heteroatoms. The zero-order valence-electron chi connectivity index (χ0n) is 13.7. The first-order chi connectivity index (χ1) is 10.8. The van der Waals surface area contributed by atoms with E-state index in [0.29, 0.717) is 18.7 Å². The summed E-state index contributed by atoms with van der Waals surface area (Å²) in [6, 6.07) is 1.98. The summed E-state index contributed by atoms with van der Waals surface area (Å²) in [6.07, 6.45) is 5.04. The molecule has 1 saturated carbocycles. The van der Waals surface area contributed by atoms with Gasteiger partial charge in [0.05, 0.1) is 23.5 Å². The Balaban J connectivity index is 0.00000288. The van der Waals surface area contributed by atoms with Crippen molar-refractivity contribution in [2.24, 2.45) is 5.84 Å². The topological polar surface area (TPSA) is 128 Å². The van der Waals surface area contributed by atoms with Crippen molar-refractivity contribution in [1.29, 1.82) is 5.26 Å². The van der Waals surface area contributed by atoms with Crippen molar-refractivity contribution in [3.63, 3.8) is 0 Å². The second-order valence-electron chi connectivity index (χ2n) is 6.31. The third kappa shape index (κ3) is 6.55. The molecule has 1 heterocycles. The minimum absolute atomic E-state index is 0. The van der Waals surface area contributed by atoms with Crippen molar-refractivity contribution >= 4 is 33.2 Å². The number of sulfonamides is 1. The summed E-state index contributed by atoms with van der Waals surface area (Å²) in [6.45, 7) is 0.608. The highest BCUT2D eigenvalue weighted by Gasteiger charge is 2.31. The number of hydrazine groups is 1. The molecule has 0 radical (unpaired) electrons. The summed E-state index contributed by atoms with van der Waals surface area (Å²) >= 11 is 0. The number of nitrogens with zero attached hydrogens (tertiary/aromatic N) is 2. The maximum absolute atomic E-state index is 11.9. The van der Waals surface area contributed by atoms with Crippen molar-refractivity contribution in [2.75, 3.05) is 18.6 Å². The molecular formula is C13H26ClN5O3S2. The predicted octanol–water partition coefficient (Wildman–Crippen LogP) is -0.595. The van der Waals surface area contributed by atoms with Gasteiger partial charge in [-0.3, -0.25) is 15.4 Å². The van der Waals surface area contributed by atoms with Gasteiger partial charge in [0.2, 0.25) is 10.0 Å². The molecule has 2 fully saturated rings. The molecule has 0 spiro atoms. The molecular weight excluding hydrogens is 374 g/mol. The zero-order chi connectivity index (χ0) is 17.0. The Morgan fingerprint density at radius 3 is 2.50 bits per heavy atom. The van der Waals surface area contributed by atoms with Crippen LogP contribution in [0.15, 0.2) is 0 Å². The van der Waals surface area contributed by atoms with Gasteiger partial charge in [-0.25, -0.2) is 18.1 Å². The maximum Gasteiger partial charge on any atom is 0.208 e. The van der Waals surface area contributed by atoms with Gasteiger partial charge in [0.15, 0.2) is 0 Å². The second-order valence-corrected chi connectivity index (χ2v) is 9.75. The number of nitrogens with two attached hydrogens (primary N) is 1. The summed E-state index contributed by atoms with van der Waals surface area (Å²) in [5.41, 5.74) is 0. The van der Waals surface area contributed by atoms with Gasteiger partial charge in [0.1, 0.15) is 6.04 Å². The summed E-state index contributed by atoms with van der Waals surface area (Å²) < 4.78 is 37.0. The Morgan fingerprint density at radius 1 is 1.38 bits per heavy atom. The molecule has 4 N–H and O–H groups in total. The average molecular weight is 400 g/mol. The van der Waals surface area contributed by atoms with Crippen LogP contribution in [0.2, 0.25) is 0 Å². The van der Waals surface area contributed by atoms with Crippen molar-refractivity contribution in [2.45, 2.75) is 55.6 Å². The van der Waals surface area contributed by atoms with E-state index in [0.717, 1.165) is 25.7 Å². The quantitative estimate of drug-likeness (QED) is 0.402. The first kappa shape index (κ1) is 21.8. The average Bonchev–Trinajstić information content (AvgIpc) is 2.84. The van der Waals surface area contributed by atoms with Gasteiger partial charge >= 0.3 is 0 Å². The molecule has 24 heavy (non-hydrogen) atoms. The number of nitrogens with one attached hydrogen (secondary N) is 2. The largest absolute Gasteiger partial charge is 0.287 e. The van der Waals surface area contributed by atoms with Crippen LogP contribution in [0.4, 0.5) is 0 Å². The lowest BCUT2D eigenvalue weighted by atomic mass is 9.91. The third-order valence-corrected chi connectivity index (χ3v) is 6.82. The molecule has 140 valence electrons. The first-order valence-corrected chi connectivity index (χ1v) is 11.1. The molecule has 3 unspecified atom stereocenters. The van der Waals surface area contributed by atoms with E-state index in [4.69, 9.17) is 11.1 Å². The van der Waals surface area contributed by atoms with Gasteiger partial charge < -0.3 is 0 Å². The van der Waals surface area contributed by atoms with Gasteiger partial charge in [-0.15, -0.1) is 12.4 Å². The van der Waals surface area contributed by atoms with Crippen LogP contribution in [0.5, 0.6) is 0 Å². The Morgan fingerprint density at radius 2 is 2.00 bits per heavy atom. The minimum Gasteiger partial charge on any atom is -0.287 e. The van der Waals surface area contributed by atoms with E-state index in [-0.39, 0.29) is 35.9 Å². The fourth-order valence-electron chi connectivity index (χ4n) is 3.20. The molecule has 0 aromatic carbocycles. The van der Waals surface area contributed by atoms with Crippen LogP contribution in [0.25, 0.3) is 0 Å².